The summed E-state index contributed by atoms with van der Waals surface area (Å²) in [7, 11) is 0. The number of nitrogens with zero attached hydrogens (tertiary/aromatic N) is 5. The molecule has 0 bridgehead atoms. The van der Waals surface area contributed by atoms with Crippen molar-refractivity contribution in [3.63, 3.8) is 0 Å². The Morgan fingerprint density at radius 1 is 1.28 bits per heavy atom. The number of aryl methyl sites for hydroxylation is 2. The molecule has 6 nitrogen and oxygen atoms in total. The number of pyridine rings is 1. The maximum absolute atomic E-state index is 15.1. The van der Waals surface area contributed by atoms with Crippen LogP contribution in [0.5, 0.6) is 0 Å². The monoisotopic (exact) mass is 340 g/mol. The Hall–Kier alpha value is -2.75. The highest BCUT2D eigenvalue weighted by atomic mass is 19.1. The number of alkyl halides is 1. The van der Waals surface area contributed by atoms with Crippen molar-refractivity contribution < 1.29 is 4.39 Å². The molecule has 2 aromatic heterocycles. The molecule has 7 heteroatoms. The van der Waals surface area contributed by atoms with Gasteiger partial charge >= 0.3 is 0 Å². The lowest BCUT2D eigenvalue weighted by Crippen LogP contribution is -2.45. The Kier molecular flexibility index (Phi) is 4.79. The third-order valence-corrected chi connectivity index (χ3v) is 4.44. The van der Waals surface area contributed by atoms with E-state index in [1.165, 1.54) is 0 Å². The molecule has 1 aliphatic rings. The van der Waals surface area contributed by atoms with E-state index in [1.807, 2.05) is 32.0 Å². The van der Waals surface area contributed by atoms with Crippen LogP contribution in [-0.4, -0.2) is 40.3 Å². The number of nitriles is 1. The van der Waals surface area contributed by atoms with E-state index in [2.05, 4.69) is 25.2 Å². The summed E-state index contributed by atoms with van der Waals surface area (Å²) in [6.07, 6.45) is 2.47. The van der Waals surface area contributed by atoms with Crippen LogP contribution in [0.15, 0.2) is 24.4 Å². The summed E-state index contributed by atoms with van der Waals surface area (Å²) in [4.78, 5) is 14.6. The second kappa shape index (κ2) is 7.01. The van der Waals surface area contributed by atoms with Gasteiger partial charge in [0, 0.05) is 49.6 Å². The number of aromatic nitrogens is 3. The molecule has 0 unspecified atom stereocenters. The van der Waals surface area contributed by atoms with Crippen molar-refractivity contribution in [1.29, 1.82) is 5.26 Å². The average molecular weight is 340 g/mol. The maximum Gasteiger partial charge on any atom is 0.142 e. The number of halogens is 1. The van der Waals surface area contributed by atoms with Gasteiger partial charge in [-0.15, -0.1) is 0 Å². The molecule has 0 saturated carbocycles. The van der Waals surface area contributed by atoms with Gasteiger partial charge in [0.2, 0.25) is 0 Å². The molecule has 0 amide bonds. The SMILES string of the molecule is Cc1cc(NCC2(F)CCN(c3ccnc(C#N)c3)CC2)nc(C)n1. The van der Waals surface area contributed by atoms with Crippen LogP contribution in [0.25, 0.3) is 0 Å². The van der Waals surface area contributed by atoms with Crippen LogP contribution in [0.3, 0.4) is 0 Å². The zero-order valence-electron chi connectivity index (χ0n) is 14.5. The zero-order valence-corrected chi connectivity index (χ0v) is 14.5. The average Bonchev–Trinajstić information content (AvgIpc) is 2.60. The summed E-state index contributed by atoms with van der Waals surface area (Å²) >= 11 is 0. The molecule has 1 aliphatic heterocycles. The molecule has 3 heterocycles. The van der Waals surface area contributed by atoms with Gasteiger partial charge in [-0.2, -0.15) is 5.26 Å². The molecular formula is C18H21FN6. The largest absolute Gasteiger partial charge is 0.371 e. The van der Waals surface area contributed by atoms with E-state index in [4.69, 9.17) is 5.26 Å². The number of hydrogen-bond donors (Lipinski definition) is 1. The third-order valence-electron chi connectivity index (χ3n) is 4.44. The number of piperidine rings is 1. The lowest BCUT2D eigenvalue weighted by Gasteiger charge is -2.37. The first-order valence-corrected chi connectivity index (χ1v) is 8.34. The van der Waals surface area contributed by atoms with Crippen molar-refractivity contribution in [2.24, 2.45) is 0 Å². The van der Waals surface area contributed by atoms with E-state index < -0.39 is 5.67 Å². The van der Waals surface area contributed by atoms with Gasteiger partial charge in [-0.05, 0) is 26.0 Å². The van der Waals surface area contributed by atoms with Crippen molar-refractivity contribution in [2.45, 2.75) is 32.4 Å². The minimum absolute atomic E-state index is 0.233. The lowest BCUT2D eigenvalue weighted by atomic mass is 9.93. The lowest BCUT2D eigenvalue weighted by molar-refractivity contribution is 0.140. The molecular weight excluding hydrogens is 319 g/mol. The quantitative estimate of drug-likeness (QED) is 0.922. The van der Waals surface area contributed by atoms with E-state index in [0.717, 1.165) is 11.4 Å². The van der Waals surface area contributed by atoms with E-state index in [9.17, 15) is 0 Å². The fourth-order valence-corrected chi connectivity index (χ4v) is 3.08. The Morgan fingerprint density at radius 3 is 2.72 bits per heavy atom. The summed E-state index contributed by atoms with van der Waals surface area (Å²) in [5, 5.41) is 12.1. The van der Waals surface area contributed by atoms with Crippen molar-refractivity contribution in [2.75, 3.05) is 29.9 Å². The summed E-state index contributed by atoms with van der Waals surface area (Å²) < 4.78 is 15.1. The van der Waals surface area contributed by atoms with Gasteiger partial charge in [-0.3, -0.25) is 0 Å². The first kappa shape index (κ1) is 17.1. The topological polar surface area (TPSA) is 77.7 Å². The smallest absolute Gasteiger partial charge is 0.142 e. The maximum atomic E-state index is 15.1. The minimum Gasteiger partial charge on any atom is -0.371 e. The normalized spacial score (nSPS) is 16.3. The molecule has 1 fully saturated rings. The highest BCUT2D eigenvalue weighted by molar-refractivity contribution is 5.49. The van der Waals surface area contributed by atoms with Gasteiger partial charge in [0.25, 0.3) is 0 Å². The van der Waals surface area contributed by atoms with E-state index >= 15 is 4.39 Å². The van der Waals surface area contributed by atoms with Crippen molar-refractivity contribution in [3.8, 4) is 6.07 Å². The molecule has 1 saturated heterocycles. The Labute approximate surface area is 146 Å². The minimum atomic E-state index is -1.27. The fraction of sp³-hybridized carbons (Fsp3) is 0.444. The third kappa shape index (κ3) is 4.21. The van der Waals surface area contributed by atoms with Crippen molar-refractivity contribution >= 4 is 11.5 Å². The molecule has 0 aromatic carbocycles. The van der Waals surface area contributed by atoms with Crippen LogP contribution in [-0.2, 0) is 0 Å². The summed E-state index contributed by atoms with van der Waals surface area (Å²) in [5.41, 5.74) is 0.895. The van der Waals surface area contributed by atoms with Crippen LogP contribution in [0.4, 0.5) is 15.9 Å². The van der Waals surface area contributed by atoms with Gasteiger partial charge in [-0.1, -0.05) is 0 Å². The second-order valence-corrected chi connectivity index (χ2v) is 6.44. The predicted molar refractivity (Wildman–Crippen MR) is 94.2 cm³/mol. The summed E-state index contributed by atoms with van der Waals surface area (Å²) in [6.45, 7) is 5.17. The highest BCUT2D eigenvalue weighted by Crippen LogP contribution is 2.30. The van der Waals surface area contributed by atoms with Crippen LogP contribution in [0.2, 0.25) is 0 Å². The standard InChI is InChI=1S/C18H21FN6/c1-13-9-17(24-14(2)23-13)22-12-18(19)4-7-25(8-5-18)16-3-6-21-15(10-16)11-20/h3,6,9-10H,4-5,7-8,12H2,1-2H3,(H,22,23,24). The van der Waals surface area contributed by atoms with E-state index in [1.54, 1.807) is 12.3 Å². The van der Waals surface area contributed by atoms with Crippen LogP contribution in [0.1, 0.15) is 30.1 Å². The molecule has 130 valence electrons. The fourth-order valence-electron chi connectivity index (χ4n) is 3.08. The first-order valence-electron chi connectivity index (χ1n) is 8.34. The molecule has 0 spiro atoms. The second-order valence-electron chi connectivity index (χ2n) is 6.44. The Bertz CT molecular complexity index is 772. The highest BCUT2D eigenvalue weighted by Gasteiger charge is 2.34. The van der Waals surface area contributed by atoms with Gasteiger partial charge in [0.1, 0.15) is 29.1 Å². The predicted octanol–water partition coefficient (Wildman–Crippen LogP) is 2.78. The molecule has 1 N–H and O–H groups in total. The zero-order chi connectivity index (χ0) is 17.9. The molecule has 0 atom stereocenters. The molecule has 25 heavy (non-hydrogen) atoms. The Balaban J connectivity index is 1.59. The van der Waals surface area contributed by atoms with Gasteiger partial charge < -0.3 is 10.2 Å². The van der Waals surface area contributed by atoms with E-state index in [-0.39, 0.29) is 6.54 Å². The van der Waals surface area contributed by atoms with Crippen molar-refractivity contribution in [3.05, 3.63) is 41.6 Å². The van der Waals surface area contributed by atoms with Crippen LogP contribution < -0.4 is 10.2 Å². The van der Waals surface area contributed by atoms with Gasteiger partial charge in [0.15, 0.2) is 0 Å². The van der Waals surface area contributed by atoms with Gasteiger partial charge in [-0.25, -0.2) is 19.3 Å². The molecule has 2 aromatic rings. The summed E-state index contributed by atoms with van der Waals surface area (Å²) in [5.74, 6) is 1.34. The molecule has 0 aliphatic carbocycles. The molecule has 0 radical (unpaired) electrons. The first-order chi connectivity index (χ1) is 12.0. The summed E-state index contributed by atoms with van der Waals surface area (Å²) in [6, 6.07) is 7.47. The number of hydrogen-bond acceptors (Lipinski definition) is 6. The van der Waals surface area contributed by atoms with Gasteiger partial charge in [0.05, 0.1) is 6.54 Å². The van der Waals surface area contributed by atoms with E-state index in [0.29, 0.717) is 43.3 Å². The number of anilines is 2. The van der Waals surface area contributed by atoms with Crippen molar-refractivity contribution in [1.82, 2.24) is 15.0 Å². The number of rotatable bonds is 4. The Morgan fingerprint density at radius 2 is 2.04 bits per heavy atom. The van der Waals surface area contributed by atoms with Crippen LogP contribution >= 0.6 is 0 Å². The number of nitrogens with one attached hydrogen (secondary N) is 1. The van der Waals surface area contributed by atoms with Crippen LogP contribution in [0, 0.1) is 25.2 Å². The molecule has 3 rings (SSSR count).